The summed E-state index contributed by atoms with van der Waals surface area (Å²) in [5.74, 6) is 0.242. The standard InChI is InChI=1S/C26H53NO2/c1-3-5-7-9-16-20-24-27-26(29)23-19-15-13-11-10-12-14-18-22-25(28)21-17-8-6-4-2/h25,28H,3-24H2,1-2H3,(H,27,29). The van der Waals surface area contributed by atoms with Gasteiger partial charge in [0.1, 0.15) is 0 Å². The fourth-order valence-corrected chi connectivity index (χ4v) is 3.90. The quantitative estimate of drug-likeness (QED) is 0.169. The van der Waals surface area contributed by atoms with Gasteiger partial charge in [-0.1, -0.05) is 117 Å². The van der Waals surface area contributed by atoms with Gasteiger partial charge in [-0.2, -0.15) is 0 Å². The van der Waals surface area contributed by atoms with Gasteiger partial charge in [0, 0.05) is 13.0 Å². The molecule has 0 spiro atoms. The van der Waals surface area contributed by atoms with Gasteiger partial charge in [0.15, 0.2) is 0 Å². The van der Waals surface area contributed by atoms with Crippen molar-refractivity contribution < 1.29 is 9.90 Å². The molecule has 0 fully saturated rings. The molecule has 0 aliphatic heterocycles. The van der Waals surface area contributed by atoms with Crippen LogP contribution in [0.25, 0.3) is 0 Å². The molecule has 0 aromatic heterocycles. The van der Waals surface area contributed by atoms with Crippen molar-refractivity contribution >= 4 is 5.91 Å². The third kappa shape index (κ3) is 23.6. The van der Waals surface area contributed by atoms with E-state index in [-0.39, 0.29) is 12.0 Å². The first-order valence-electron chi connectivity index (χ1n) is 13.2. The third-order valence-corrected chi connectivity index (χ3v) is 5.93. The van der Waals surface area contributed by atoms with E-state index in [1.165, 1.54) is 103 Å². The van der Waals surface area contributed by atoms with Crippen molar-refractivity contribution in [1.82, 2.24) is 5.32 Å². The van der Waals surface area contributed by atoms with Crippen LogP contribution in [0.1, 0.15) is 149 Å². The highest BCUT2D eigenvalue weighted by Gasteiger charge is 2.04. The first-order chi connectivity index (χ1) is 14.2. The Hall–Kier alpha value is -0.570. The zero-order valence-electron chi connectivity index (χ0n) is 20.0. The molecule has 3 nitrogen and oxygen atoms in total. The maximum absolute atomic E-state index is 11.8. The van der Waals surface area contributed by atoms with E-state index in [1.54, 1.807) is 0 Å². The predicted octanol–water partition coefficient (Wildman–Crippen LogP) is 7.70. The predicted molar refractivity (Wildman–Crippen MR) is 127 cm³/mol. The van der Waals surface area contributed by atoms with Gasteiger partial charge in [0.05, 0.1) is 6.10 Å². The summed E-state index contributed by atoms with van der Waals surface area (Å²) in [5, 5.41) is 13.0. The minimum atomic E-state index is -0.0703. The summed E-state index contributed by atoms with van der Waals surface area (Å²) in [4.78, 5) is 11.8. The molecule has 3 heteroatoms. The van der Waals surface area contributed by atoms with E-state index >= 15 is 0 Å². The van der Waals surface area contributed by atoms with Crippen LogP contribution in [0.4, 0.5) is 0 Å². The summed E-state index contributed by atoms with van der Waals surface area (Å²) in [5.41, 5.74) is 0. The third-order valence-electron chi connectivity index (χ3n) is 5.93. The second-order valence-corrected chi connectivity index (χ2v) is 8.99. The second-order valence-electron chi connectivity index (χ2n) is 8.99. The molecule has 0 saturated carbocycles. The lowest BCUT2D eigenvalue weighted by Crippen LogP contribution is -2.23. The highest BCUT2D eigenvalue weighted by Crippen LogP contribution is 2.14. The summed E-state index contributed by atoms with van der Waals surface area (Å²) >= 11 is 0. The molecule has 0 heterocycles. The summed E-state index contributed by atoms with van der Waals surface area (Å²) in [6.07, 6.45) is 25.1. The van der Waals surface area contributed by atoms with Crippen LogP contribution in [0.3, 0.4) is 0 Å². The Morgan fingerprint density at radius 2 is 1.03 bits per heavy atom. The number of carbonyl (C=O) groups is 1. The first-order valence-corrected chi connectivity index (χ1v) is 13.2. The number of hydrogen-bond donors (Lipinski definition) is 2. The van der Waals surface area contributed by atoms with E-state index in [0.29, 0.717) is 6.42 Å². The van der Waals surface area contributed by atoms with Crippen LogP contribution in [-0.4, -0.2) is 23.7 Å². The Morgan fingerprint density at radius 1 is 0.621 bits per heavy atom. The molecule has 0 aromatic carbocycles. The molecular weight excluding hydrogens is 358 g/mol. The van der Waals surface area contributed by atoms with E-state index in [1.807, 2.05) is 0 Å². The van der Waals surface area contributed by atoms with E-state index in [4.69, 9.17) is 0 Å². The Balaban J connectivity index is 3.21. The fraction of sp³-hybridized carbons (Fsp3) is 0.962. The lowest BCUT2D eigenvalue weighted by Gasteiger charge is -2.10. The highest BCUT2D eigenvalue weighted by molar-refractivity contribution is 5.75. The maximum atomic E-state index is 11.8. The number of aliphatic hydroxyl groups excluding tert-OH is 1. The van der Waals surface area contributed by atoms with Crippen LogP contribution in [0.5, 0.6) is 0 Å². The van der Waals surface area contributed by atoms with Gasteiger partial charge < -0.3 is 10.4 Å². The van der Waals surface area contributed by atoms with Gasteiger partial charge in [0.2, 0.25) is 5.91 Å². The molecule has 2 N–H and O–H groups in total. The van der Waals surface area contributed by atoms with Gasteiger partial charge in [-0.05, 0) is 25.7 Å². The van der Waals surface area contributed by atoms with Crippen molar-refractivity contribution in [3.8, 4) is 0 Å². The molecule has 0 rings (SSSR count). The lowest BCUT2D eigenvalue weighted by molar-refractivity contribution is -0.121. The molecular formula is C26H53NO2. The number of hydrogen-bond acceptors (Lipinski definition) is 2. The normalized spacial score (nSPS) is 12.2. The van der Waals surface area contributed by atoms with Crippen molar-refractivity contribution in [1.29, 1.82) is 0 Å². The van der Waals surface area contributed by atoms with E-state index in [2.05, 4.69) is 19.2 Å². The zero-order chi connectivity index (χ0) is 21.4. The number of carbonyl (C=O) groups excluding carboxylic acids is 1. The van der Waals surface area contributed by atoms with Crippen LogP contribution < -0.4 is 5.32 Å². The summed E-state index contributed by atoms with van der Waals surface area (Å²) in [7, 11) is 0. The van der Waals surface area contributed by atoms with Crippen molar-refractivity contribution in [2.45, 2.75) is 155 Å². The minimum Gasteiger partial charge on any atom is -0.393 e. The molecule has 0 radical (unpaired) electrons. The Morgan fingerprint density at radius 3 is 1.59 bits per heavy atom. The number of rotatable bonds is 23. The molecule has 0 bridgehead atoms. The van der Waals surface area contributed by atoms with Crippen LogP contribution in [0, 0.1) is 0 Å². The number of nitrogens with one attached hydrogen (secondary N) is 1. The van der Waals surface area contributed by atoms with E-state index in [0.717, 1.165) is 32.2 Å². The molecule has 0 aliphatic carbocycles. The Kier molecular flexibility index (Phi) is 23.2. The molecule has 1 atom stereocenters. The monoisotopic (exact) mass is 411 g/mol. The maximum Gasteiger partial charge on any atom is 0.219 e. The van der Waals surface area contributed by atoms with Gasteiger partial charge in [-0.15, -0.1) is 0 Å². The van der Waals surface area contributed by atoms with Crippen molar-refractivity contribution in [3.63, 3.8) is 0 Å². The lowest BCUT2D eigenvalue weighted by atomic mass is 10.0. The van der Waals surface area contributed by atoms with Crippen molar-refractivity contribution in [3.05, 3.63) is 0 Å². The van der Waals surface area contributed by atoms with Crippen molar-refractivity contribution in [2.75, 3.05) is 6.54 Å². The number of unbranched alkanes of at least 4 members (excludes halogenated alkanes) is 15. The molecule has 0 aliphatic rings. The molecule has 1 amide bonds. The fourth-order valence-electron chi connectivity index (χ4n) is 3.90. The number of amides is 1. The van der Waals surface area contributed by atoms with Crippen LogP contribution in [0.2, 0.25) is 0 Å². The summed E-state index contributed by atoms with van der Waals surface area (Å²) in [6.45, 7) is 5.33. The van der Waals surface area contributed by atoms with Gasteiger partial charge >= 0.3 is 0 Å². The second kappa shape index (κ2) is 23.7. The summed E-state index contributed by atoms with van der Waals surface area (Å²) in [6, 6.07) is 0. The van der Waals surface area contributed by atoms with Crippen LogP contribution in [-0.2, 0) is 4.79 Å². The molecule has 1 unspecified atom stereocenters. The molecule has 174 valence electrons. The SMILES string of the molecule is CCCCCCCCNC(=O)CCCCCCCCCCC(O)CCCCCC. The Bertz CT molecular complexity index is 333. The number of aliphatic hydroxyl groups is 1. The topological polar surface area (TPSA) is 49.3 Å². The van der Waals surface area contributed by atoms with Crippen LogP contribution >= 0.6 is 0 Å². The van der Waals surface area contributed by atoms with E-state index < -0.39 is 0 Å². The molecule has 29 heavy (non-hydrogen) atoms. The first kappa shape index (κ1) is 28.4. The minimum absolute atomic E-state index is 0.0703. The van der Waals surface area contributed by atoms with Crippen LogP contribution in [0.15, 0.2) is 0 Å². The average Bonchev–Trinajstić information content (AvgIpc) is 2.72. The van der Waals surface area contributed by atoms with Crippen molar-refractivity contribution in [2.24, 2.45) is 0 Å². The van der Waals surface area contributed by atoms with E-state index in [9.17, 15) is 9.90 Å². The highest BCUT2D eigenvalue weighted by atomic mass is 16.3. The Labute approximate surface area is 182 Å². The molecule has 0 aromatic rings. The summed E-state index contributed by atoms with van der Waals surface area (Å²) < 4.78 is 0. The zero-order valence-corrected chi connectivity index (χ0v) is 20.0. The van der Waals surface area contributed by atoms with Gasteiger partial charge in [-0.25, -0.2) is 0 Å². The largest absolute Gasteiger partial charge is 0.393 e. The average molecular weight is 412 g/mol. The van der Waals surface area contributed by atoms with Gasteiger partial charge in [0.25, 0.3) is 0 Å². The van der Waals surface area contributed by atoms with Gasteiger partial charge in [-0.3, -0.25) is 4.79 Å². The molecule has 0 saturated heterocycles. The smallest absolute Gasteiger partial charge is 0.219 e.